The summed E-state index contributed by atoms with van der Waals surface area (Å²) < 4.78 is 27.4. The Kier molecular flexibility index (Phi) is 4.17. The summed E-state index contributed by atoms with van der Waals surface area (Å²) in [4.78, 5) is 12.1. The van der Waals surface area contributed by atoms with E-state index in [0.717, 1.165) is 12.6 Å². The van der Waals surface area contributed by atoms with Crippen molar-refractivity contribution in [2.45, 2.75) is 24.3 Å². The second kappa shape index (κ2) is 5.58. The van der Waals surface area contributed by atoms with E-state index >= 15 is 0 Å². The first-order valence-corrected chi connectivity index (χ1v) is 7.94. The SMILES string of the molecule is Cc1cc(N)c([N+](=O)[O-])cc1S(=O)(=O)NC1CCN(C)C1. The fraction of sp³-hybridized carbons (Fsp3) is 0.500. The van der Waals surface area contributed by atoms with Gasteiger partial charge in [-0.05, 0) is 38.6 Å². The van der Waals surface area contributed by atoms with E-state index in [1.165, 1.54) is 6.07 Å². The van der Waals surface area contributed by atoms with Crippen molar-refractivity contribution in [2.24, 2.45) is 0 Å². The van der Waals surface area contributed by atoms with Gasteiger partial charge >= 0.3 is 0 Å². The van der Waals surface area contributed by atoms with Gasteiger partial charge in [0.1, 0.15) is 5.69 Å². The Balaban J connectivity index is 2.35. The van der Waals surface area contributed by atoms with E-state index in [4.69, 9.17) is 5.73 Å². The molecule has 21 heavy (non-hydrogen) atoms. The molecule has 1 atom stereocenters. The number of rotatable bonds is 4. The van der Waals surface area contributed by atoms with Crippen LogP contribution < -0.4 is 10.5 Å². The third-order valence-corrected chi connectivity index (χ3v) is 5.19. The molecule has 0 radical (unpaired) electrons. The van der Waals surface area contributed by atoms with E-state index < -0.39 is 20.6 Å². The van der Waals surface area contributed by atoms with Crippen molar-refractivity contribution < 1.29 is 13.3 Å². The second-order valence-electron chi connectivity index (χ2n) is 5.30. The summed E-state index contributed by atoms with van der Waals surface area (Å²) >= 11 is 0. The van der Waals surface area contributed by atoms with Crippen LogP contribution in [0.1, 0.15) is 12.0 Å². The Morgan fingerprint density at radius 3 is 2.67 bits per heavy atom. The molecular formula is C12H18N4O4S. The molecule has 0 spiro atoms. The molecule has 0 bridgehead atoms. The van der Waals surface area contributed by atoms with Gasteiger partial charge in [-0.25, -0.2) is 13.1 Å². The second-order valence-corrected chi connectivity index (χ2v) is 6.99. The monoisotopic (exact) mass is 314 g/mol. The summed E-state index contributed by atoms with van der Waals surface area (Å²) in [5.41, 5.74) is 5.50. The number of nitrogens with two attached hydrogens (primary N) is 1. The first kappa shape index (κ1) is 15.7. The first-order valence-electron chi connectivity index (χ1n) is 6.46. The Hall–Kier alpha value is -1.71. The highest BCUT2D eigenvalue weighted by atomic mass is 32.2. The van der Waals surface area contributed by atoms with Crippen molar-refractivity contribution >= 4 is 21.4 Å². The van der Waals surface area contributed by atoms with Crippen molar-refractivity contribution in [2.75, 3.05) is 25.9 Å². The number of nitro benzene ring substituents is 1. The number of nitrogens with zero attached hydrogens (tertiary/aromatic N) is 2. The summed E-state index contributed by atoms with van der Waals surface area (Å²) in [5, 5.41) is 10.9. The van der Waals surface area contributed by atoms with Crippen LogP contribution in [0.4, 0.5) is 11.4 Å². The molecule has 0 amide bonds. The average molecular weight is 314 g/mol. The van der Waals surface area contributed by atoms with Crippen molar-refractivity contribution in [3.05, 3.63) is 27.8 Å². The van der Waals surface area contributed by atoms with Crippen LogP contribution in [0.3, 0.4) is 0 Å². The van der Waals surface area contributed by atoms with Crippen LogP contribution >= 0.6 is 0 Å². The summed E-state index contributed by atoms with van der Waals surface area (Å²) in [6, 6.07) is 2.15. The molecule has 1 heterocycles. The Morgan fingerprint density at radius 2 is 2.14 bits per heavy atom. The zero-order valence-corrected chi connectivity index (χ0v) is 12.7. The maximum absolute atomic E-state index is 12.4. The minimum atomic E-state index is -3.81. The maximum atomic E-state index is 12.4. The lowest BCUT2D eigenvalue weighted by atomic mass is 10.2. The van der Waals surface area contributed by atoms with Gasteiger partial charge in [-0.1, -0.05) is 0 Å². The van der Waals surface area contributed by atoms with E-state index in [9.17, 15) is 18.5 Å². The van der Waals surface area contributed by atoms with Gasteiger partial charge in [0, 0.05) is 18.7 Å². The van der Waals surface area contributed by atoms with Gasteiger partial charge < -0.3 is 10.6 Å². The Bertz CT molecular complexity index is 674. The number of hydrogen-bond donors (Lipinski definition) is 2. The van der Waals surface area contributed by atoms with Gasteiger partial charge in [-0.3, -0.25) is 10.1 Å². The fourth-order valence-electron chi connectivity index (χ4n) is 2.46. The fourth-order valence-corrected chi connectivity index (χ4v) is 3.97. The number of likely N-dealkylation sites (tertiary alicyclic amines) is 1. The lowest BCUT2D eigenvalue weighted by Gasteiger charge is -2.15. The highest BCUT2D eigenvalue weighted by Gasteiger charge is 2.28. The van der Waals surface area contributed by atoms with Crippen LogP contribution in [0, 0.1) is 17.0 Å². The number of hydrogen-bond acceptors (Lipinski definition) is 6. The number of benzene rings is 1. The van der Waals surface area contributed by atoms with E-state index in [2.05, 4.69) is 4.72 Å². The zero-order chi connectivity index (χ0) is 15.8. The molecular weight excluding hydrogens is 296 g/mol. The van der Waals surface area contributed by atoms with E-state index in [1.54, 1.807) is 6.92 Å². The van der Waals surface area contributed by atoms with Gasteiger partial charge in [-0.15, -0.1) is 0 Å². The number of anilines is 1. The summed E-state index contributed by atoms with van der Waals surface area (Å²) in [5.74, 6) is 0. The van der Waals surface area contributed by atoms with Gasteiger partial charge in [0.15, 0.2) is 0 Å². The van der Waals surface area contributed by atoms with E-state index in [0.29, 0.717) is 18.5 Å². The van der Waals surface area contributed by atoms with Crippen LogP contribution in [0.15, 0.2) is 17.0 Å². The Morgan fingerprint density at radius 1 is 1.48 bits per heavy atom. The summed E-state index contributed by atoms with van der Waals surface area (Å²) in [7, 11) is -1.90. The molecule has 1 unspecified atom stereocenters. The third-order valence-electron chi connectivity index (χ3n) is 3.52. The molecule has 9 heteroatoms. The van der Waals surface area contributed by atoms with Crippen molar-refractivity contribution in [3.8, 4) is 0 Å². The topological polar surface area (TPSA) is 119 Å². The molecule has 0 saturated carbocycles. The predicted molar refractivity (Wildman–Crippen MR) is 78.5 cm³/mol. The van der Waals surface area contributed by atoms with Crippen molar-refractivity contribution in [3.63, 3.8) is 0 Å². The highest BCUT2D eigenvalue weighted by molar-refractivity contribution is 7.89. The van der Waals surface area contributed by atoms with Crippen LogP contribution in [-0.2, 0) is 10.0 Å². The molecule has 116 valence electrons. The van der Waals surface area contributed by atoms with Crippen LogP contribution in [-0.4, -0.2) is 44.4 Å². The minimum Gasteiger partial charge on any atom is -0.393 e. The molecule has 2 rings (SSSR count). The molecule has 8 nitrogen and oxygen atoms in total. The molecule has 1 fully saturated rings. The predicted octanol–water partition coefficient (Wildman–Crippen LogP) is 0.468. The van der Waals surface area contributed by atoms with E-state index in [-0.39, 0.29) is 16.6 Å². The van der Waals surface area contributed by atoms with Crippen LogP contribution in [0.25, 0.3) is 0 Å². The number of sulfonamides is 1. The molecule has 1 aromatic carbocycles. The molecule has 1 aliphatic rings. The van der Waals surface area contributed by atoms with Gasteiger partial charge in [0.25, 0.3) is 5.69 Å². The van der Waals surface area contributed by atoms with Gasteiger partial charge in [0.05, 0.1) is 9.82 Å². The molecule has 1 saturated heterocycles. The number of nitro groups is 1. The zero-order valence-electron chi connectivity index (χ0n) is 11.9. The van der Waals surface area contributed by atoms with E-state index in [1.807, 2.05) is 11.9 Å². The minimum absolute atomic E-state index is 0.0444. The summed E-state index contributed by atoms with van der Waals surface area (Å²) in [6.07, 6.45) is 0.714. The normalized spacial score (nSPS) is 19.8. The lowest BCUT2D eigenvalue weighted by Crippen LogP contribution is -2.36. The third kappa shape index (κ3) is 3.31. The van der Waals surface area contributed by atoms with Crippen LogP contribution in [0.5, 0.6) is 0 Å². The summed E-state index contributed by atoms with van der Waals surface area (Å²) in [6.45, 7) is 3.00. The number of nitrogens with one attached hydrogen (secondary N) is 1. The molecule has 3 N–H and O–H groups in total. The van der Waals surface area contributed by atoms with Crippen molar-refractivity contribution in [1.82, 2.24) is 9.62 Å². The number of nitrogen functional groups attached to an aromatic ring is 1. The largest absolute Gasteiger partial charge is 0.393 e. The first-order chi connectivity index (χ1) is 9.70. The number of aryl methyl sites for hydroxylation is 1. The van der Waals surface area contributed by atoms with Crippen molar-refractivity contribution in [1.29, 1.82) is 0 Å². The average Bonchev–Trinajstić information content (AvgIpc) is 2.72. The lowest BCUT2D eigenvalue weighted by molar-refractivity contribution is -0.384. The highest BCUT2D eigenvalue weighted by Crippen LogP contribution is 2.28. The maximum Gasteiger partial charge on any atom is 0.293 e. The molecule has 0 aliphatic carbocycles. The molecule has 1 aliphatic heterocycles. The standard InChI is InChI=1S/C12H18N4O4S/c1-8-5-10(13)11(16(17)18)6-12(8)21(19,20)14-9-3-4-15(2)7-9/h5-6,9,14H,3-4,7,13H2,1-2H3. The van der Waals surface area contributed by atoms with Gasteiger partial charge in [0.2, 0.25) is 10.0 Å². The number of likely N-dealkylation sites (N-methyl/N-ethyl adjacent to an activating group) is 1. The smallest absolute Gasteiger partial charge is 0.293 e. The quantitative estimate of drug-likeness (QED) is 0.473. The molecule has 0 aromatic heterocycles. The van der Waals surface area contributed by atoms with Crippen LogP contribution in [0.2, 0.25) is 0 Å². The Labute approximate surface area is 123 Å². The molecule has 1 aromatic rings. The van der Waals surface area contributed by atoms with Gasteiger partial charge in [-0.2, -0.15) is 0 Å².